The molecule has 0 N–H and O–H groups in total. The fourth-order valence-electron chi connectivity index (χ4n) is 4.43. The Balaban J connectivity index is 1.73. The van der Waals surface area contributed by atoms with Gasteiger partial charge in [0, 0.05) is 33.7 Å². The monoisotopic (exact) mass is 371 g/mol. The molecule has 1 aliphatic rings. The van der Waals surface area contributed by atoms with E-state index in [1.807, 2.05) is 0 Å². The van der Waals surface area contributed by atoms with Crippen LogP contribution in [0.2, 0.25) is 0 Å². The van der Waals surface area contributed by atoms with Crippen molar-refractivity contribution in [1.82, 2.24) is 4.98 Å². The number of furan rings is 1. The Morgan fingerprint density at radius 3 is 2.61 bits per heavy atom. The fraction of sp³-hybridized carbons (Fsp3) is 0.360. The molecule has 5 rings (SSSR count). The molecular weight excluding hydrogens is 344 g/mol. The molecule has 1 aliphatic heterocycles. The van der Waals surface area contributed by atoms with Crippen molar-refractivity contribution in [2.45, 2.75) is 53.5 Å². The molecule has 0 saturated carbocycles. The van der Waals surface area contributed by atoms with E-state index in [1.165, 1.54) is 27.9 Å². The van der Waals surface area contributed by atoms with E-state index in [2.05, 4.69) is 75.7 Å². The zero-order valence-corrected chi connectivity index (χ0v) is 17.3. The maximum Gasteiger partial charge on any atom is 0.227 e. The molecule has 0 atom stereocenters. The van der Waals surface area contributed by atoms with Crippen molar-refractivity contribution in [3.63, 3.8) is 0 Å². The number of pyridine rings is 2. The lowest BCUT2D eigenvalue weighted by atomic mass is 9.98. The quantitative estimate of drug-likeness (QED) is 0.368. The van der Waals surface area contributed by atoms with Crippen LogP contribution in [0.15, 0.2) is 40.9 Å². The minimum Gasteiger partial charge on any atom is -0.437 e. The SMILES string of the molecule is Cc1cc2[n+](cc1CC(C)C)Cc1ccc3c(oc4nc(C(C)C)ccc43)c1-2. The first-order chi connectivity index (χ1) is 13.4. The van der Waals surface area contributed by atoms with Crippen LogP contribution in [0, 0.1) is 12.8 Å². The maximum absolute atomic E-state index is 6.35. The largest absolute Gasteiger partial charge is 0.437 e. The van der Waals surface area contributed by atoms with E-state index < -0.39 is 0 Å². The lowest BCUT2D eigenvalue weighted by Gasteiger charge is -2.07. The van der Waals surface area contributed by atoms with Gasteiger partial charge in [0.25, 0.3) is 0 Å². The summed E-state index contributed by atoms with van der Waals surface area (Å²) in [6.07, 6.45) is 3.46. The molecule has 0 bridgehead atoms. The number of hydrogen-bond donors (Lipinski definition) is 0. The molecule has 3 nitrogen and oxygen atoms in total. The third-order valence-electron chi connectivity index (χ3n) is 5.91. The Morgan fingerprint density at radius 1 is 1.07 bits per heavy atom. The molecule has 142 valence electrons. The molecule has 4 aromatic rings. The molecule has 4 heterocycles. The summed E-state index contributed by atoms with van der Waals surface area (Å²) in [6.45, 7) is 12.0. The minimum atomic E-state index is 0.390. The molecule has 0 unspecified atom stereocenters. The number of aromatic nitrogens is 2. The van der Waals surface area contributed by atoms with Crippen molar-refractivity contribution < 1.29 is 8.98 Å². The van der Waals surface area contributed by atoms with Crippen LogP contribution in [0.4, 0.5) is 0 Å². The van der Waals surface area contributed by atoms with Gasteiger partial charge in [-0.15, -0.1) is 0 Å². The molecule has 28 heavy (non-hydrogen) atoms. The molecule has 3 heteroatoms. The molecule has 1 aromatic carbocycles. The van der Waals surface area contributed by atoms with E-state index in [-0.39, 0.29) is 0 Å². The summed E-state index contributed by atoms with van der Waals surface area (Å²) in [7, 11) is 0. The van der Waals surface area contributed by atoms with Crippen LogP contribution >= 0.6 is 0 Å². The van der Waals surface area contributed by atoms with Gasteiger partial charge in [-0.1, -0.05) is 33.8 Å². The molecule has 0 aliphatic carbocycles. The van der Waals surface area contributed by atoms with Gasteiger partial charge in [0.2, 0.25) is 11.4 Å². The Kier molecular flexibility index (Phi) is 3.84. The average molecular weight is 372 g/mol. The second-order valence-corrected chi connectivity index (χ2v) is 8.91. The summed E-state index contributed by atoms with van der Waals surface area (Å²) in [5.74, 6) is 1.05. The van der Waals surface area contributed by atoms with Crippen molar-refractivity contribution in [2.75, 3.05) is 0 Å². The Bertz CT molecular complexity index is 1230. The van der Waals surface area contributed by atoms with Crippen LogP contribution in [-0.2, 0) is 13.0 Å². The van der Waals surface area contributed by atoms with Gasteiger partial charge in [-0.05, 0) is 48.9 Å². The average Bonchev–Trinajstić information content (AvgIpc) is 3.18. The van der Waals surface area contributed by atoms with Crippen molar-refractivity contribution in [1.29, 1.82) is 0 Å². The highest BCUT2D eigenvalue weighted by Crippen LogP contribution is 2.39. The number of benzene rings is 1. The summed E-state index contributed by atoms with van der Waals surface area (Å²) in [6, 6.07) is 11.1. The number of rotatable bonds is 3. The predicted molar refractivity (Wildman–Crippen MR) is 114 cm³/mol. The minimum absolute atomic E-state index is 0.390. The van der Waals surface area contributed by atoms with Crippen LogP contribution in [0.3, 0.4) is 0 Å². The van der Waals surface area contributed by atoms with E-state index in [0.717, 1.165) is 40.7 Å². The third kappa shape index (κ3) is 2.56. The van der Waals surface area contributed by atoms with E-state index in [0.29, 0.717) is 11.8 Å². The number of aryl methyl sites for hydroxylation is 1. The molecule has 0 radical (unpaired) electrons. The zero-order valence-electron chi connectivity index (χ0n) is 17.3. The van der Waals surface area contributed by atoms with E-state index in [9.17, 15) is 0 Å². The van der Waals surface area contributed by atoms with Gasteiger partial charge in [0.1, 0.15) is 0 Å². The number of fused-ring (bicyclic) bond motifs is 7. The highest BCUT2D eigenvalue weighted by molar-refractivity contribution is 6.09. The highest BCUT2D eigenvalue weighted by atomic mass is 16.3. The van der Waals surface area contributed by atoms with Crippen LogP contribution < -0.4 is 4.57 Å². The first-order valence-electron chi connectivity index (χ1n) is 10.3. The summed E-state index contributed by atoms with van der Waals surface area (Å²) in [5.41, 5.74) is 9.43. The maximum atomic E-state index is 6.35. The highest BCUT2D eigenvalue weighted by Gasteiger charge is 2.31. The van der Waals surface area contributed by atoms with Crippen molar-refractivity contribution in [3.05, 3.63) is 58.9 Å². The van der Waals surface area contributed by atoms with Gasteiger partial charge >= 0.3 is 0 Å². The van der Waals surface area contributed by atoms with E-state index in [1.54, 1.807) is 0 Å². The predicted octanol–water partition coefficient (Wildman–Crippen LogP) is 5.93. The first kappa shape index (κ1) is 17.4. The number of nitrogens with zero attached hydrogens (tertiary/aromatic N) is 2. The van der Waals surface area contributed by atoms with Gasteiger partial charge in [-0.25, -0.2) is 4.98 Å². The fourth-order valence-corrected chi connectivity index (χ4v) is 4.43. The Labute approximate surface area is 166 Å². The molecular formula is C25H27N2O+. The summed E-state index contributed by atoms with van der Waals surface area (Å²) in [4.78, 5) is 4.78. The summed E-state index contributed by atoms with van der Waals surface area (Å²) in [5, 5.41) is 2.27. The topological polar surface area (TPSA) is 29.9 Å². The summed E-state index contributed by atoms with van der Waals surface area (Å²) < 4.78 is 8.74. The van der Waals surface area contributed by atoms with Crippen LogP contribution in [0.5, 0.6) is 0 Å². The second kappa shape index (κ2) is 6.16. The molecule has 0 saturated heterocycles. The molecule has 0 spiro atoms. The Hall–Kier alpha value is -2.68. The van der Waals surface area contributed by atoms with E-state index >= 15 is 0 Å². The van der Waals surface area contributed by atoms with Crippen molar-refractivity contribution >= 4 is 22.1 Å². The van der Waals surface area contributed by atoms with Crippen molar-refractivity contribution in [2.24, 2.45) is 5.92 Å². The van der Waals surface area contributed by atoms with Gasteiger partial charge in [0.05, 0.1) is 5.56 Å². The van der Waals surface area contributed by atoms with Gasteiger partial charge in [0.15, 0.2) is 18.3 Å². The normalized spacial score (nSPS) is 13.1. The van der Waals surface area contributed by atoms with E-state index in [4.69, 9.17) is 9.40 Å². The second-order valence-electron chi connectivity index (χ2n) is 8.91. The Morgan fingerprint density at radius 2 is 1.86 bits per heavy atom. The summed E-state index contributed by atoms with van der Waals surface area (Å²) >= 11 is 0. The van der Waals surface area contributed by atoms with Crippen LogP contribution in [-0.4, -0.2) is 4.98 Å². The smallest absolute Gasteiger partial charge is 0.227 e. The van der Waals surface area contributed by atoms with Crippen LogP contribution in [0.1, 0.15) is 56.0 Å². The molecule has 3 aromatic heterocycles. The molecule has 0 amide bonds. The first-order valence-corrected chi connectivity index (χ1v) is 10.3. The van der Waals surface area contributed by atoms with Gasteiger partial charge in [-0.2, -0.15) is 4.57 Å². The number of hydrogen-bond acceptors (Lipinski definition) is 2. The lowest BCUT2D eigenvalue weighted by Crippen LogP contribution is -2.33. The van der Waals surface area contributed by atoms with Crippen LogP contribution in [0.25, 0.3) is 33.3 Å². The van der Waals surface area contributed by atoms with Gasteiger partial charge in [-0.3, -0.25) is 0 Å². The lowest BCUT2D eigenvalue weighted by molar-refractivity contribution is -0.672. The molecule has 0 fully saturated rings. The van der Waals surface area contributed by atoms with Gasteiger partial charge < -0.3 is 4.42 Å². The van der Waals surface area contributed by atoms with Crippen molar-refractivity contribution in [3.8, 4) is 11.3 Å². The standard InChI is InChI=1S/C25H27N2O/c1-14(2)10-18-13-27-12-17-6-7-19-20-8-9-21(15(3)4)26-25(20)28-24(19)23(17)22(27)11-16(18)5/h6-9,11,13-15H,10,12H2,1-5H3/q+1. The zero-order chi connectivity index (χ0) is 19.6. The third-order valence-corrected chi connectivity index (χ3v) is 5.91.